The van der Waals surface area contributed by atoms with Gasteiger partial charge in [0.1, 0.15) is 4.88 Å². The lowest BCUT2D eigenvalue weighted by molar-refractivity contribution is 0.0950. The van der Waals surface area contributed by atoms with Crippen molar-refractivity contribution in [1.82, 2.24) is 14.9 Å². The molecule has 1 aromatic heterocycles. The lowest BCUT2D eigenvalue weighted by Crippen LogP contribution is -2.28. The third-order valence-corrected chi connectivity index (χ3v) is 2.95. The van der Waals surface area contributed by atoms with Gasteiger partial charge in [0.2, 0.25) is 0 Å². The topological polar surface area (TPSA) is 54.9 Å². The third-order valence-electron chi connectivity index (χ3n) is 2.29. The van der Waals surface area contributed by atoms with Gasteiger partial charge in [0, 0.05) is 6.54 Å². The number of amides is 1. The van der Waals surface area contributed by atoms with Crippen molar-refractivity contribution in [3.8, 4) is 0 Å². The van der Waals surface area contributed by atoms with Crippen LogP contribution >= 0.6 is 11.5 Å². The SMILES string of the molecule is CCC(CC)CNC(=O)c1cnns1. The molecule has 78 valence electrons. The van der Waals surface area contributed by atoms with Gasteiger partial charge in [-0.2, -0.15) is 0 Å². The van der Waals surface area contributed by atoms with E-state index >= 15 is 0 Å². The van der Waals surface area contributed by atoms with Gasteiger partial charge in [-0.1, -0.05) is 31.2 Å². The molecule has 1 aromatic rings. The van der Waals surface area contributed by atoms with Crippen LogP contribution in [0.1, 0.15) is 36.4 Å². The van der Waals surface area contributed by atoms with E-state index in [1.807, 2.05) is 0 Å². The van der Waals surface area contributed by atoms with E-state index in [0.29, 0.717) is 10.8 Å². The molecule has 0 aliphatic carbocycles. The zero-order valence-electron chi connectivity index (χ0n) is 8.49. The van der Waals surface area contributed by atoms with Gasteiger partial charge in [0.05, 0.1) is 6.20 Å². The predicted molar refractivity (Wildman–Crippen MR) is 56.3 cm³/mol. The molecule has 0 aromatic carbocycles. The molecular weight excluding hydrogens is 198 g/mol. The summed E-state index contributed by atoms with van der Waals surface area (Å²) in [6.45, 7) is 5.01. The summed E-state index contributed by atoms with van der Waals surface area (Å²) in [5.74, 6) is 0.506. The van der Waals surface area contributed by atoms with Crippen LogP contribution in [0.2, 0.25) is 0 Å². The Kier molecular flexibility index (Phi) is 4.52. The minimum atomic E-state index is -0.0631. The first-order chi connectivity index (χ1) is 6.77. The second kappa shape index (κ2) is 5.70. The Morgan fingerprint density at radius 2 is 2.29 bits per heavy atom. The summed E-state index contributed by atoms with van der Waals surface area (Å²) in [5.41, 5.74) is 0. The molecule has 0 fully saturated rings. The number of nitrogens with zero attached hydrogens (tertiary/aromatic N) is 2. The molecule has 0 unspecified atom stereocenters. The number of hydrogen-bond acceptors (Lipinski definition) is 4. The van der Waals surface area contributed by atoms with Crippen molar-refractivity contribution in [1.29, 1.82) is 0 Å². The first-order valence-electron chi connectivity index (χ1n) is 4.83. The van der Waals surface area contributed by atoms with Crippen LogP contribution in [0.4, 0.5) is 0 Å². The molecule has 5 heteroatoms. The molecule has 1 rings (SSSR count). The van der Waals surface area contributed by atoms with Gasteiger partial charge < -0.3 is 5.32 Å². The molecule has 1 amide bonds. The van der Waals surface area contributed by atoms with E-state index in [4.69, 9.17) is 0 Å². The number of carbonyl (C=O) groups is 1. The number of aromatic nitrogens is 2. The van der Waals surface area contributed by atoms with E-state index in [2.05, 4.69) is 28.8 Å². The van der Waals surface area contributed by atoms with Gasteiger partial charge in [-0.25, -0.2) is 0 Å². The number of rotatable bonds is 5. The summed E-state index contributed by atoms with van der Waals surface area (Å²) in [7, 11) is 0. The van der Waals surface area contributed by atoms with Crippen LogP contribution in [0, 0.1) is 5.92 Å². The zero-order chi connectivity index (χ0) is 10.4. The lowest BCUT2D eigenvalue weighted by atomic mass is 10.0. The smallest absolute Gasteiger partial charge is 0.264 e. The predicted octanol–water partition coefficient (Wildman–Crippen LogP) is 1.70. The number of nitrogens with one attached hydrogen (secondary N) is 1. The highest BCUT2D eigenvalue weighted by molar-refractivity contribution is 7.07. The summed E-state index contributed by atoms with van der Waals surface area (Å²) in [5, 5.41) is 6.50. The second-order valence-electron chi connectivity index (χ2n) is 3.17. The van der Waals surface area contributed by atoms with Crippen LogP contribution in [-0.2, 0) is 0 Å². The van der Waals surface area contributed by atoms with Gasteiger partial charge in [-0.05, 0) is 17.5 Å². The van der Waals surface area contributed by atoms with E-state index in [1.54, 1.807) is 0 Å². The molecule has 0 spiro atoms. The first-order valence-corrected chi connectivity index (χ1v) is 5.60. The number of hydrogen-bond donors (Lipinski definition) is 1. The van der Waals surface area contributed by atoms with Crippen molar-refractivity contribution in [3.63, 3.8) is 0 Å². The Hall–Kier alpha value is -0.970. The van der Waals surface area contributed by atoms with Crippen molar-refractivity contribution in [3.05, 3.63) is 11.1 Å². The average molecular weight is 213 g/mol. The largest absolute Gasteiger partial charge is 0.351 e. The van der Waals surface area contributed by atoms with E-state index in [9.17, 15) is 4.79 Å². The summed E-state index contributed by atoms with van der Waals surface area (Å²) in [6.07, 6.45) is 3.68. The Morgan fingerprint density at radius 3 is 2.79 bits per heavy atom. The van der Waals surface area contributed by atoms with Crippen LogP contribution < -0.4 is 5.32 Å². The second-order valence-corrected chi connectivity index (χ2v) is 3.96. The van der Waals surface area contributed by atoms with Crippen LogP contribution in [-0.4, -0.2) is 22.0 Å². The van der Waals surface area contributed by atoms with Gasteiger partial charge >= 0.3 is 0 Å². The molecule has 0 saturated carbocycles. The van der Waals surface area contributed by atoms with Gasteiger partial charge in [0.15, 0.2) is 0 Å². The zero-order valence-corrected chi connectivity index (χ0v) is 9.30. The summed E-state index contributed by atoms with van der Waals surface area (Å²) in [6, 6.07) is 0. The molecule has 0 aliphatic rings. The first kappa shape index (κ1) is 11.1. The van der Waals surface area contributed by atoms with E-state index in [0.717, 1.165) is 30.9 Å². The highest BCUT2D eigenvalue weighted by Gasteiger charge is 2.10. The normalized spacial score (nSPS) is 10.5. The fraction of sp³-hybridized carbons (Fsp3) is 0.667. The highest BCUT2D eigenvalue weighted by atomic mass is 32.1. The monoisotopic (exact) mass is 213 g/mol. The van der Waals surface area contributed by atoms with Crippen molar-refractivity contribution in [2.45, 2.75) is 26.7 Å². The van der Waals surface area contributed by atoms with E-state index in [1.165, 1.54) is 6.20 Å². The van der Waals surface area contributed by atoms with Crippen molar-refractivity contribution in [2.75, 3.05) is 6.54 Å². The molecule has 0 aliphatic heterocycles. The molecule has 1 N–H and O–H groups in total. The fourth-order valence-corrected chi connectivity index (χ4v) is 1.60. The molecule has 14 heavy (non-hydrogen) atoms. The molecule has 1 heterocycles. The van der Waals surface area contributed by atoms with Gasteiger partial charge in [-0.15, -0.1) is 5.10 Å². The highest BCUT2D eigenvalue weighted by Crippen LogP contribution is 2.06. The van der Waals surface area contributed by atoms with Crippen LogP contribution in [0.3, 0.4) is 0 Å². The molecule has 4 nitrogen and oxygen atoms in total. The minimum absolute atomic E-state index is 0.0631. The van der Waals surface area contributed by atoms with Gasteiger partial charge in [0.25, 0.3) is 5.91 Å². The molecule has 0 bridgehead atoms. The summed E-state index contributed by atoms with van der Waals surface area (Å²) >= 11 is 1.12. The van der Waals surface area contributed by atoms with Crippen molar-refractivity contribution >= 4 is 17.4 Å². The molecule has 0 atom stereocenters. The van der Waals surface area contributed by atoms with E-state index < -0.39 is 0 Å². The Bertz CT molecular complexity index is 270. The van der Waals surface area contributed by atoms with Crippen LogP contribution in [0.15, 0.2) is 6.20 Å². The van der Waals surface area contributed by atoms with Gasteiger partial charge in [-0.3, -0.25) is 4.79 Å². The Labute approximate surface area is 87.9 Å². The molecule has 0 saturated heterocycles. The maximum Gasteiger partial charge on any atom is 0.264 e. The fourth-order valence-electron chi connectivity index (χ4n) is 1.17. The lowest BCUT2D eigenvalue weighted by Gasteiger charge is -2.12. The average Bonchev–Trinajstić information content (AvgIpc) is 2.72. The van der Waals surface area contributed by atoms with Crippen molar-refractivity contribution in [2.24, 2.45) is 5.92 Å². The Balaban J connectivity index is 2.35. The van der Waals surface area contributed by atoms with Crippen LogP contribution in [0.5, 0.6) is 0 Å². The Morgan fingerprint density at radius 1 is 1.57 bits per heavy atom. The standard InChI is InChI=1S/C9H15N3OS/c1-3-7(4-2)5-10-9(13)8-6-11-12-14-8/h6-7H,3-5H2,1-2H3,(H,10,13). The molecular formula is C9H15N3OS. The minimum Gasteiger partial charge on any atom is -0.351 e. The maximum atomic E-state index is 11.5. The molecule has 0 radical (unpaired) electrons. The van der Waals surface area contributed by atoms with Crippen molar-refractivity contribution < 1.29 is 4.79 Å². The van der Waals surface area contributed by atoms with E-state index in [-0.39, 0.29) is 5.91 Å². The van der Waals surface area contributed by atoms with Crippen LogP contribution in [0.25, 0.3) is 0 Å². The quantitative estimate of drug-likeness (QED) is 0.810. The number of carbonyl (C=O) groups excluding carboxylic acids is 1. The summed E-state index contributed by atoms with van der Waals surface area (Å²) in [4.78, 5) is 12.0. The third kappa shape index (κ3) is 3.06. The summed E-state index contributed by atoms with van der Waals surface area (Å²) < 4.78 is 3.64. The maximum absolute atomic E-state index is 11.5.